The number of nitrogens with one attached hydrogen (secondary N) is 4. The average Bonchev–Trinajstić information content (AvgIpc) is 3.58. The number of hydrogen-bond donors (Lipinski definition) is 6. The average molecular weight is 685 g/mol. The van der Waals surface area contributed by atoms with Crippen molar-refractivity contribution < 1.29 is 34.1 Å². The number of likely N-dealkylation sites (tertiary alicyclic amines) is 1. The quantitative estimate of drug-likeness (QED) is 0.144. The molecule has 0 saturated carbocycles. The topological polar surface area (TPSA) is 185 Å². The minimum atomic E-state index is -2.73. The predicted octanol–water partition coefficient (Wildman–Crippen LogP) is 0.373. The Morgan fingerprint density at radius 1 is 1.13 bits per heavy atom. The number of nitrogens with zero attached hydrogens (tertiary/aromatic N) is 3. The Bertz CT molecular complexity index is 1480. The standard InChI is InChI=1S/C28H32Cl3N7O7/c1-14-32-22-18(11-37-20(39)9-10-21(37)40)33-24(35-25(42)45-13-26(29,30)31)38-12-19(28(43,44)27(22,38)36-14)34-23(41)17-8-4-6-15-5-2-3-7-16(15)17/h4,6,8,18-19,22,32,36,43-44H,1-3,5,7,9-13H2,(H,34,41)(H,33,35,42)/t18-,19?,22-,27-/m0/s1. The molecule has 3 fully saturated rings. The van der Waals surface area contributed by atoms with Crippen molar-refractivity contribution in [3.05, 3.63) is 47.3 Å². The number of carbonyl (C=O) groups excluding carboxylic acids is 4. The van der Waals surface area contributed by atoms with E-state index in [1.165, 1.54) is 4.90 Å². The van der Waals surface area contributed by atoms with Gasteiger partial charge in [0, 0.05) is 24.9 Å². The van der Waals surface area contributed by atoms with Crippen LogP contribution in [0.4, 0.5) is 4.79 Å². The van der Waals surface area contributed by atoms with Gasteiger partial charge in [0.05, 0.1) is 24.4 Å². The Kier molecular flexibility index (Phi) is 8.09. The molecule has 0 bridgehead atoms. The third-order valence-corrected chi connectivity index (χ3v) is 9.27. The van der Waals surface area contributed by atoms with Crippen molar-refractivity contribution in [1.29, 1.82) is 0 Å². The van der Waals surface area contributed by atoms with Crippen LogP contribution in [0.5, 0.6) is 0 Å². The molecular weight excluding hydrogens is 653 g/mol. The zero-order chi connectivity index (χ0) is 32.3. The van der Waals surface area contributed by atoms with Crippen LogP contribution in [0.1, 0.15) is 47.2 Å². The molecule has 4 atom stereocenters. The molecule has 6 rings (SSSR count). The van der Waals surface area contributed by atoms with Crippen molar-refractivity contribution in [2.75, 3.05) is 19.7 Å². The molecule has 45 heavy (non-hydrogen) atoms. The van der Waals surface area contributed by atoms with E-state index in [1.807, 2.05) is 6.07 Å². The van der Waals surface area contributed by atoms with Gasteiger partial charge in [-0.25, -0.2) is 9.79 Å². The summed E-state index contributed by atoms with van der Waals surface area (Å²) in [5, 5.41) is 35.2. The van der Waals surface area contributed by atoms with Crippen molar-refractivity contribution in [3.63, 3.8) is 0 Å². The first-order valence-electron chi connectivity index (χ1n) is 14.5. The maximum Gasteiger partial charge on any atom is 0.414 e. The maximum absolute atomic E-state index is 13.7. The lowest BCUT2D eigenvalue weighted by atomic mass is 9.84. The fraction of sp³-hybridized carbons (Fsp3) is 0.536. The highest BCUT2D eigenvalue weighted by Crippen LogP contribution is 2.45. The zero-order valence-corrected chi connectivity index (χ0v) is 26.2. The highest BCUT2D eigenvalue weighted by atomic mass is 35.6. The fourth-order valence-corrected chi connectivity index (χ4v) is 7.11. The molecule has 1 aromatic carbocycles. The summed E-state index contributed by atoms with van der Waals surface area (Å²) in [5.41, 5.74) is 0.544. The molecule has 3 saturated heterocycles. The molecule has 14 nitrogen and oxygen atoms in total. The molecule has 1 aromatic rings. The molecule has 0 aromatic heterocycles. The number of guanidine groups is 1. The summed E-state index contributed by atoms with van der Waals surface area (Å²) in [7, 11) is 0. The molecule has 6 N–H and O–H groups in total. The van der Waals surface area contributed by atoms with E-state index in [-0.39, 0.29) is 37.7 Å². The predicted molar refractivity (Wildman–Crippen MR) is 162 cm³/mol. The van der Waals surface area contributed by atoms with Crippen LogP contribution in [0, 0.1) is 0 Å². The first kappa shape index (κ1) is 31.7. The monoisotopic (exact) mass is 683 g/mol. The summed E-state index contributed by atoms with van der Waals surface area (Å²) in [5.74, 6) is -4.06. The van der Waals surface area contributed by atoms with Crippen LogP contribution in [0.25, 0.3) is 0 Å². The lowest BCUT2D eigenvalue weighted by molar-refractivity contribution is -0.231. The number of benzene rings is 1. The number of alkyl carbamates (subject to hydrolysis) is 1. The number of amides is 4. The molecule has 1 unspecified atom stereocenters. The molecular formula is C28H32Cl3N7O7. The van der Waals surface area contributed by atoms with Gasteiger partial charge >= 0.3 is 6.09 Å². The summed E-state index contributed by atoms with van der Waals surface area (Å²) in [6, 6.07) is 2.13. The number of aliphatic imine (C=N–C) groups is 1. The van der Waals surface area contributed by atoms with Crippen molar-refractivity contribution in [2.45, 2.75) is 71.9 Å². The van der Waals surface area contributed by atoms with Crippen LogP contribution in [0.2, 0.25) is 0 Å². The number of aryl methyl sites for hydroxylation is 1. The van der Waals surface area contributed by atoms with Gasteiger partial charge in [0.25, 0.3) is 5.91 Å². The van der Waals surface area contributed by atoms with Crippen LogP contribution in [0.3, 0.4) is 0 Å². The van der Waals surface area contributed by atoms with Crippen LogP contribution >= 0.6 is 34.8 Å². The van der Waals surface area contributed by atoms with Gasteiger partial charge in [-0.3, -0.25) is 24.6 Å². The van der Waals surface area contributed by atoms with Crippen molar-refractivity contribution in [2.24, 2.45) is 4.99 Å². The van der Waals surface area contributed by atoms with Gasteiger partial charge in [0.2, 0.25) is 27.4 Å². The number of hydrogen-bond acceptors (Lipinski definition) is 11. The SMILES string of the molecule is C=C1N[C@H]2[C@H](CN3C(=O)CCC3=O)N=C(NC(=O)OCC(Cl)(Cl)Cl)N3CC(NC(=O)c4cccc5c4CCCC5)C(O)(O)[C@]23N1. The van der Waals surface area contributed by atoms with E-state index < -0.39 is 63.8 Å². The van der Waals surface area contributed by atoms with Crippen LogP contribution in [-0.4, -0.2) is 103 Å². The minimum absolute atomic E-state index is 0.0330. The second-order valence-electron chi connectivity index (χ2n) is 11.7. The Morgan fingerprint density at radius 2 is 1.84 bits per heavy atom. The second-order valence-corrected chi connectivity index (χ2v) is 14.3. The summed E-state index contributed by atoms with van der Waals surface area (Å²) >= 11 is 17.2. The summed E-state index contributed by atoms with van der Waals surface area (Å²) in [4.78, 5) is 58.6. The van der Waals surface area contributed by atoms with E-state index in [4.69, 9.17) is 39.5 Å². The zero-order valence-electron chi connectivity index (χ0n) is 23.9. The van der Waals surface area contributed by atoms with Gasteiger partial charge in [-0.2, -0.15) is 0 Å². The summed E-state index contributed by atoms with van der Waals surface area (Å²) in [6.07, 6.45) is 2.52. The van der Waals surface area contributed by atoms with E-state index in [0.717, 1.165) is 41.7 Å². The van der Waals surface area contributed by atoms with Crippen LogP contribution < -0.4 is 21.3 Å². The highest BCUT2D eigenvalue weighted by Gasteiger charge is 2.74. The lowest BCUT2D eigenvalue weighted by Crippen LogP contribution is -2.78. The van der Waals surface area contributed by atoms with E-state index >= 15 is 0 Å². The van der Waals surface area contributed by atoms with Gasteiger partial charge in [0.15, 0.2) is 5.66 Å². The first-order valence-corrected chi connectivity index (χ1v) is 15.6. The maximum atomic E-state index is 13.7. The number of rotatable bonds is 5. The molecule has 17 heteroatoms. The van der Waals surface area contributed by atoms with Crippen molar-refractivity contribution in [3.8, 4) is 0 Å². The largest absolute Gasteiger partial charge is 0.445 e. The normalized spacial score (nSPS) is 28.4. The lowest BCUT2D eigenvalue weighted by Gasteiger charge is -2.49. The third kappa shape index (κ3) is 5.56. The van der Waals surface area contributed by atoms with Crippen molar-refractivity contribution in [1.82, 2.24) is 31.1 Å². The first-order chi connectivity index (χ1) is 21.2. The molecule has 5 aliphatic rings. The van der Waals surface area contributed by atoms with Gasteiger partial charge in [0.1, 0.15) is 12.6 Å². The van der Waals surface area contributed by atoms with Gasteiger partial charge in [-0.05, 0) is 42.9 Å². The Balaban J connectivity index is 1.35. The number of carbonyl (C=O) groups is 4. The minimum Gasteiger partial charge on any atom is -0.445 e. The van der Waals surface area contributed by atoms with E-state index in [9.17, 15) is 29.4 Å². The fourth-order valence-electron chi connectivity index (χ4n) is 6.95. The third-order valence-electron chi connectivity index (χ3n) is 8.94. The van der Waals surface area contributed by atoms with E-state index in [0.29, 0.717) is 5.56 Å². The van der Waals surface area contributed by atoms with E-state index in [2.05, 4.69) is 32.8 Å². The number of alkyl halides is 3. The Labute approximate surface area is 273 Å². The number of fused-ring (bicyclic) bond motifs is 1. The molecule has 4 heterocycles. The number of imide groups is 1. The second kappa shape index (κ2) is 11.5. The Hall–Kier alpha value is -3.30. The van der Waals surface area contributed by atoms with Gasteiger partial charge in [-0.15, -0.1) is 0 Å². The number of halogens is 3. The van der Waals surface area contributed by atoms with Crippen LogP contribution in [0.15, 0.2) is 35.6 Å². The number of ether oxygens (including phenoxy) is 1. The molecule has 1 aliphatic carbocycles. The van der Waals surface area contributed by atoms with E-state index in [1.54, 1.807) is 12.1 Å². The number of aliphatic hydroxyl groups is 2. The highest BCUT2D eigenvalue weighted by molar-refractivity contribution is 6.67. The molecule has 4 amide bonds. The summed E-state index contributed by atoms with van der Waals surface area (Å²) in [6.45, 7) is 2.82. The summed E-state index contributed by atoms with van der Waals surface area (Å²) < 4.78 is 3.12. The van der Waals surface area contributed by atoms with Crippen molar-refractivity contribution >= 4 is 64.6 Å². The molecule has 0 radical (unpaired) electrons. The van der Waals surface area contributed by atoms with Gasteiger partial charge < -0.3 is 35.8 Å². The molecule has 4 aliphatic heterocycles. The molecule has 1 spiro atoms. The molecule has 242 valence electrons. The Morgan fingerprint density at radius 3 is 2.56 bits per heavy atom. The van der Waals surface area contributed by atoms with Gasteiger partial charge in [-0.1, -0.05) is 53.5 Å². The van der Waals surface area contributed by atoms with Crippen LogP contribution in [-0.2, 0) is 27.2 Å². The smallest absolute Gasteiger partial charge is 0.414 e.